The lowest BCUT2D eigenvalue weighted by molar-refractivity contribution is 0.0996. The second-order valence-electron chi connectivity index (χ2n) is 4.50. The molecule has 1 aliphatic heterocycles. The summed E-state index contributed by atoms with van der Waals surface area (Å²) < 4.78 is 28.5. The lowest BCUT2D eigenvalue weighted by atomic mass is 9.98. The zero-order valence-electron chi connectivity index (χ0n) is 9.76. The molecular weight excluding hydrogens is 226 g/mol. The van der Waals surface area contributed by atoms with Crippen molar-refractivity contribution in [3.63, 3.8) is 0 Å². The van der Waals surface area contributed by atoms with Crippen LogP contribution in [0.2, 0.25) is 0 Å². The highest BCUT2D eigenvalue weighted by Gasteiger charge is 2.31. The van der Waals surface area contributed by atoms with E-state index in [1.165, 1.54) is 0 Å². The predicted octanol–water partition coefficient (Wildman–Crippen LogP) is 1.42. The van der Waals surface area contributed by atoms with Gasteiger partial charge in [-0.1, -0.05) is 13.0 Å². The van der Waals surface area contributed by atoms with Crippen LogP contribution in [0.25, 0.3) is 0 Å². The Hall–Kier alpha value is -0.390. The van der Waals surface area contributed by atoms with E-state index in [2.05, 4.69) is 6.58 Å². The minimum atomic E-state index is -3.50. The fourth-order valence-corrected chi connectivity index (χ4v) is 3.44. The number of ether oxygens (including phenoxy) is 1. The first-order valence-corrected chi connectivity index (χ1v) is 7.30. The molecule has 0 spiro atoms. The molecule has 1 heterocycles. The van der Waals surface area contributed by atoms with Gasteiger partial charge < -0.3 is 4.74 Å². The Morgan fingerprint density at radius 1 is 1.62 bits per heavy atom. The molecule has 0 saturated carbocycles. The smallest absolute Gasteiger partial charge is 0.212 e. The molecule has 0 aromatic carbocycles. The largest absolute Gasteiger partial charge is 0.378 e. The summed E-state index contributed by atoms with van der Waals surface area (Å²) in [6.07, 6.45) is 4.90. The number of hydrogen-bond donors (Lipinski definition) is 1. The molecule has 0 aromatic heterocycles. The number of sulfonamides is 1. The van der Waals surface area contributed by atoms with Gasteiger partial charge in [0, 0.05) is 6.61 Å². The standard InChI is InChI=1S/C11H21NO3S/c1-3-5-9(2)11(16(12,13)14)8-10-6-4-7-15-10/h3,9-11H,1,4-8H2,2H3,(H2,12,13,14)/t9-,10?,11+/m0/s1. The summed E-state index contributed by atoms with van der Waals surface area (Å²) in [4.78, 5) is 0. The Bertz CT molecular complexity index is 320. The molecule has 1 fully saturated rings. The first kappa shape index (κ1) is 13.7. The van der Waals surface area contributed by atoms with Crippen LogP contribution >= 0.6 is 0 Å². The fourth-order valence-electron chi connectivity index (χ4n) is 2.19. The van der Waals surface area contributed by atoms with E-state index in [0.29, 0.717) is 12.8 Å². The molecule has 0 bridgehead atoms. The minimum Gasteiger partial charge on any atom is -0.378 e. The van der Waals surface area contributed by atoms with E-state index in [1.54, 1.807) is 6.08 Å². The van der Waals surface area contributed by atoms with Gasteiger partial charge in [-0.2, -0.15) is 0 Å². The Labute approximate surface area is 97.9 Å². The minimum absolute atomic E-state index is 0.00306. The molecule has 94 valence electrons. The summed E-state index contributed by atoms with van der Waals surface area (Å²) in [5, 5.41) is 4.75. The van der Waals surface area contributed by atoms with Crippen molar-refractivity contribution in [2.45, 2.75) is 44.0 Å². The lowest BCUT2D eigenvalue weighted by Gasteiger charge is -2.23. The first-order chi connectivity index (χ1) is 7.45. The monoisotopic (exact) mass is 247 g/mol. The third-order valence-corrected chi connectivity index (χ3v) is 4.62. The first-order valence-electron chi connectivity index (χ1n) is 5.69. The van der Waals surface area contributed by atoms with E-state index < -0.39 is 15.3 Å². The molecule has 3 atom stereocenters. The molecule has 2 N–H and O–H groups in total. The quantitative estimate of drug-likeness (QED) is 0.722. The Balaban J connectivity index is 2.66. The van der Waals surface area contributed by atoms with Gasteiger partial charge in [-0.25, -0.2) is 13.6 Å². The van der Waals surface area contributed by atoms with Crippen LogP contribution < -0.4 is 5.14 Å². The molecule has 1 aliphatic rings. The molecule has 0 radical (unpaired) electrons. The van der Waals surface area contributed by atoms with E-state index in [4.69, 9.17) is 9.88 Å². The highest BCUT2D eigenvalue weighted by molar-refractivity contribution is 7.89. The van der Waals surface area contributed by atoms with Gasteiger partial charge in [-0.15, -0.1) is 6.58 Å². The topological polar surface area (TPSA) is 69.4 Å². The molecule has 5 heteroatoms. The Morgan fingerprint density at radius 3 is 2.75 bits per heavy atom. The highest BCUT2D eigenvalue weighted by Crippen LogP contribution is 2.25. The molecule has 0 aromatic rings. The molecule has 0 amide bonds. The van der Waals surface area contributed by atoms with Gasteiger partial charge in [0.2, 0.25) is 10.0 Å². The predicted molar refractivity (Wildman–Crippen MR) is 64.5 cm³/mol. The van der Waals surface area contributed by atoms with Gasteiger partial charge in [0.25, 0.3) is 0 Å². The van der Waals surface area contributed by atoms with Crippen molar-refractivity contribution in [2.75, 3.05) is 6.61 Å². The molecule has 1 unspecified atom stereocenters. The van der Waals surface area contributed by atoms with E-state index in [-0.39, 0.29) is 12.0 Å². The van der Waals surface area contributed by atoms with E-state index in [9.17, 15) is 8.42 Å². The van der Waals surface area contributed by atoms with Crippen molar-refractivity contribution in [3.8, 4) is 0 Å². The van der Waals surface area contributed by atoms with Crippen molar-refractivity contribution >= 4 is 10.0 Å². The van der Waals surface area contributed by atoms with Crippen molar-refractivity contribution in [3.05, 3.63) is 12.7 Å². The molecule has 0 aliphatic carbocycles. The molecule has 4 nitrogen and oxygen atoms in total. The maximum atomic E-state index is 11.5. The van der Waals surface area contributed by atoms with E-state index >= 15 is 0 Å². The van der Waals surface area contributed by atoms with Crippen LogP contribution in [0.4, 0.5) is 0 Å². The van der Waals surface area contributed by atoms with Crippen LogP contribution in [0.3, 0.4) is 0 Å². The van der Waals surface area contributed by atoms with Gasteiger partial charge in [0.15, 0.2) is 0 Å². The average Bonchev–Trinajstić information content (AvgIpc) is 2.64. The van der Waals surface area contributed by atoms with Crippen LogP contribution in [0, 0.1) is 5.92 Å². The summed E-state index contributed by atoms with van der Waals surface area (Å²) >= 11 is 0. The summed E-state index contributed by atoms with van der Waals surface area (Å²) in [5.41, 5.74) is 0. The van der Waals surface area contributed by atoms with Crippen molar-refractivity contribution in [2.24, 2.45) is 11.1 Å². The third-order valence-electron chi connectivity index (χ3n) is 3.11. The van der Waals surface area contributed by atoms with Crippen molar-refractivity contribution < 1.29 is 13.2 Å². The SMILES string of the molecule is C=CC[C@H](C)[C@@H](CC1CCCO1)S(N)(=O)=O. The molecule has 1 saturated heterocycles. The number of nitrogens with two attached hydrogens (primary N) is 1. The summed E-state index contributed by atoms with van der Waals surface area (Å²) in [7, 11) is -3.50. The molecule has 16 heavy (non-hydrogen) atoms. The van der Waals surface area contributed by atoms with Crippen LogP contribution in [0.1, 0.15) is 32.6 Å². The van der Waals surface area contributed by atoms with E-state index in [0.717, 1.165) is 19.4 Å². The summed E-state index contributed by atoms with van der Waals surface area (Å²) in [6.45, 7) is 6.26. The number of hydrogen-bond acceptors (Lipinski definition) is 3. The van der Waals surface area contributed by atoms with Crippen LogP contribution in [-0.4, -0.2) is 26.4 Å². The van der Waals surface area contributed by atoms with Gasteiger partial charge >= 0.3 is 0 Å². The summed E-state index contributed by atoms with van der Waals surface area (Å²) in [6, 6.07) is 0. The number of primary sulfonamides is 1. The summed E-state index contributed by atoms with van der Waals surface area (Å²) in [5.74, 6) is -0.00306. The number of rotatable bonds is 6. The maximum Gasteiger partial charge on any atom is 0.212 e. The van der Waals surface area contributed by atoms with Crippen LogP contribution in [0.5, 0.6) is 0 Å². The zero-order chi connectivity index (χ0) is 12.2. The molecular formula is C11H21NO3S. The average molecular weight is 247 g/mol. The number of allylic oxidation sites excluding steroid dienone is 1. The second-order valence-corrected chi connectivity index (χ2v) is 6.28. The van der Waals surface area contributed by atoms with E-state index in [1.807, 2.05) is 6.92 Å². The lowest BCUT2D eigenvalue weighted by Crippen LogP contribution is -2.36. The molecule has 1 rings (SSSR count). The van der Waals surface area contributed by atoms with Crippen molar-refractivity contribution in [1.29, 1.82) is 0 Å². The highest BCUT2D eigenvalue weighted by atomic mass is 32.2. The fraction of sp³-hybridized carbons (Fsp3) is 0.818. The van der Waals surface area contributed by atoms with Gasteiger partial charge in [0.05, 0.1) is 11.4 Å². The van der Waals surface area contributed by atoms with Crippen LogP contribution in [0.15, 0.2) is 12.7 Å². The normalized spacial score (nSPS) is 25.2. The Kier molecular flexibility index (Phi) is 4.95. The zero-order valence-corrected chi connectivity index (χ0v) is 10.6. The van der Waals surface area contributed by atoms with Crippen LogP contribution in [-0.2, 0) is 14.8 Å². The third kappa shape index (κ3) is 3.88. The van der Waals surface area contributed by atoms with Gasteiger partial charge in [0.1, 0.15) is 0 Å². The maximum absolute atomic E-state index is 11.5. The van der Waals surface area contributed by atoms with Gasteiger partial charge in [-0.3, -0.25) is 0 Å². The van der Waals surface area contributed by atoms with Crippen molar-refractivity contribution in [1.82, 2.24) is 0 Å². The Morgan fingerprint density at radius 2 is 2.31 bits per heavy atom. The van der Waals surface area contributed by atoms with Gasteiger partial charge in [-0.05, 0) is 31.6 Å². The second kappa shape index (κ2) is 5.80.